The van der Waals surface area contributed by atoms with Crippen molar-refractivity contribution in [3.8, 4) is 0 Å². The average molecular weight is 420 g/mol. The van der Waals surface area contributed by atoms with Crippen molar-refractivity contribution in [2.45, 2.75) is 38.0 Å². The van der Waals surface area contributed by atoms with Crippen LogP contribution in [-0.4, -0.2) is 34.8 Å². The van der Waals surface area contributed by atoms with Crippen LogP contribution in [0.4, 0.5) is 5.69 Å². The van der Waals surface area contributed by atoms with Gasteiger partial charge in [0.2, 0.25) is 11.8 Å². The third-order valence-electron chi connectivity index (χ3n) is 6.25. The molecule has 1 aromatic heterocycles. The molecule has 5 rings (SSSR count). The summed E-state index contributed by atoms with van der Waals surface area (Å²) in [5.74, 6) is 0.374. The highest BCUT2D eigenvalue weighted by Gasteiger charge is 2.30. The molecule has 3 aromatic rings. The molecule has 2 atom stereocenters. The molecule has 30 heavy (non-hydrogen) atoms. The lowest BCUT2D eigenvalue weighted by molar-refractivity contribution is -0.133. The molecular formula is C24H25N3O2S. The van der Waals surface area contributed by atoms with Crippen molar-refractivity contribution < 1.29 is 9.59 Å². The molecule has 0 spiro atoms. The summed E-state index contributed by atoms with van der Waals surface area (Å²) in [5, 5.41) is 4.12. The number of likely N-dealkylation sites (tertiary alicyclic amines) is 1. The number of piperidine rings is 1. The quantitative estimate of drug-likeness (QED) is 0.673. The van der Waals surface area contributed by atoms with Gasteiger partial charge in [0, 0.05) is 37.0 Å². The van der Waals surface area contributed by atoms with Gasteiger partial charge in [-0.05, 0) is 49.4 Å². The summed E-state index contributed by atoms with van der Waals surface area (Å²) in [5.41, 5.74) is 3.10. The monoisotopic (exact) mass is 419 g/mol. The molecule has 3 heterocycles. The minimum Gasteiger partial charge on any atom is -0.342 e. The second-order valence-corrected chi connectivity index (χ2v) is 9.35. The van der Waals surface area contributed by atoms with Gasteiger partial charge in [0.1, 0.15) is 0 Å². The molecular weight excluding hydrogens is 394 g/mol. The van der Waals surface area contributed by atoms with Gasteiger partial charge in [-0.2, -0.15) is 0 Å². The number of rotatable bonds is 4. The van der Waals surface area contributed by atoms with E-state index in [4.69, 9.17) is 4.98 Å². The first-order chi connectivity index (χ1) is 14.7. The number of carbonyl (C=O) groups is 2. The van der Waals surface area contributed by atoms with E-state index in [-0.39, 0.29) is 17.7 Å². The summed E-state index contributed by atoms with van der Waals surface area (Å²) in [6, 6.07) is 16.1. The summed E-state index contributed by atoms with van der Waals surface area (Å²) in [6.45, 7) is 1.54. The van der Waals surface area contributed by atoms with Crippen LogP contribution in [0.2, 0.25) is 0 Å². The molecule has 0 radical (unpaired) electrons. The molecule has 5 nitrogen and oxygen atoms in total. The first kappa shape index (κ1) is 19.2. The standard InChI is InChI=1S/C24H25N3O2S/c28-22(12-11-17-14-16-6-1-2-8-19(16)25-23(17)29)27-13-5-7-18(15-27)24-26-20-9-3-4-10-21(20)30-24/h1-4,6,8-10,17-18H,5,7,11-15H2,(H,25,29)/t17-,18+/m1/s1. The van der Waals surface area contributed by atoms with Crippen LogP contribution in [-0.2, 0) is 16.0 Å². The second-order valence-electron chi connectivity index (χ2n) is 8.28. The summed E-state index contributed by atoms with van der Waals surface area (Å²) < 4.78 is 1.21. The zero-order valence-electron chi connectivity index (χ0n) is 16.8. The van der Waals surface area contributed by atoms with E-state index >= 15 is 0 Å². The van der Waals surface area contributed by atoms with Gasteiger partial charge in [0.15, 0.2) is 0 Å². The fourth-order valence-corrected chi connectivity index (χ4v) is 5.67. The molecule has 1 N–H and O–H groups in total. The minimum absolute atomic E-state index is 0.0347. The Hall–Kier alpha value is -2.73. The number of anilines is 1. The summed E-state index contributed by atoms with van der Waals surface area (Å²) in [7, 11) is 0. The molecule has 0 bridgehead atoms. The molecule has 0 aliphatic carbocycles. The molecule has 2 aliphatic rings. The summed E-state index contributed by atoms with van der Waals surface area (Å²) in [6.07, 6.45) is 3.81. The number of amides is 2. The summed E-state index contributed by atoms with van der Waals surface area (Å²) in [4.78, 5) is 32.1. The van der Waals surface area contributed by atoms with E-state index < -0.39 is 0 Å². The summed E-state index contributed by atoms with van der Waals surface area (Å²) >= 11 is 1.75. The van der Waals surface area contributed by atoms with Crippen LogP contribution >= 0.6 is 11.3 Å². The minimum atomic E-state index is -0.131. The predicted molar refractivity (Wildman–Crippen MR) is 120 cm³/mol. The Labute approximate surface area is 180 Å². The number of hydrogen-bond donors (Lipinski definition) is 1. The van der Waals surface area contributed by atoms with Crippen LogP contribution in [0.1, 0.15) is 42.2 Å². The Morgan fingerprint density at radius 3 is 2.90 bits per heavy atom. The van der Waals surface area contributed by atoms with Gasteiger partial charge < -0.3 is 10.2 Å². The maximum Gasteiger partial charge on any atom is 0.227 e. The number of thiazole rings is 1. The van der Waals surface area contributed by atoms with Gasteiger partial charge in [-0.25, -0.2) is 4.98 Å². The second kappa shape index (κ2) is 8.19. The van der Waals surface area contributed by atoms with Crippen molar-refractivity contribution in [1.29, 1.82) is 0 Å². The maximum atomic E-state index is 12.9. The van der Waals surface area contributed by atoms with Crippen molar-refractivity contribution in [1.82, 2.24) is 9.88 Å². The molecule has 2 amide bonds. The lowest BCUT2D eigenvalue weighted by atomic mass is 9.89. The highest BCUT2D eigenvalue weighted by atomic mass is 32.1. The molecule has 154 valence electrons. The largest absolute Gasteiger partial charge is 0.342 e. The zero-order chi connectivity index (χ0) is 20.5. The number of para-hydroxylation sites is 2. The Kier molecular flexibility index (Phi) is 5.25. The van der Waals surface area contributed by atoms with Crippen LogP contribution in [0, 0.1) is 5.92 Å². The number of fused-ring (bicyclic) bond motifs is 2. The van der Waals surface area contributed by atoms with Gasteiger partial charge in [0.25, 0.3) is 0 Å². The fraction of sp³-hybridized carbons (Fsp3) is 0.375. The van der Waals surface area contributed by atoms with Crippen LogP contribution in [0.5, 0.6) is 0 Å². The zero-order valence-corrected chi connectivity index (χ0v) is 17.7. The van der Waals surface area contributed by atoms with Gasteiger partial charge in [-0.1, -0.05) is 30.3 Å². The van der Waals surface area contributed by atoms with Crippen molar-refractivity contribution in [2.75, 3.05) is 18.4 Å². The van der Waals surface area contributed by atoms with E-state index in [2.05, 4.69) is 23.5 Å². The molecule has 2 aliphatic heterocycles. The van der Waals surface area contributed by atoms with Crippen LogP contribution < -0.4 is 5.32 Å². The third-order valence-corrected chi connectivity index (χ3v) is 7.45. The molecule has 1 fully saturated rings. The van der Waals surface area contributed by atoms with E-state index in [0.29, 0.717) is 25.2 Å². The van der Waals surface area contributed by atoms with E-state index in [9.17, 15) is 9.59 Å². The van der Waals surface area contributed by atoms with Crippen molar-refractivity contribution in [3.63, 3.8) is 0 Å². The number of carbonyl (C=O) groups excluding carboxylic acids is 2. The van der Waals surface area contributed by atoms with E-state index in [1.165, 1.54) is 4.70 Å². The Morgan fingerprint density at radius 1 is 1.17 bits per heavy atom. The normalized spacial score (nSPS) is 21.3. The number of hydrogen-bond acceptors (Lipinski definition) is 4. The van der Waals surface area contributed by atoms with E-state index in [1.807, 2.05) is 35.2 Å². The third kappa shape index (κ3) is 3.84. The molecule has 0 unspecified atom stereocenters. The molecule has 0 saturated carbocycles. The smallest absolute Gasteiger partial charge is 0.227 e. The van der Waals surface area contributed by atoms with Gasteiger partial charge >= 0.3 is 0 Å². The first-order valence-electron chi connectivity index (χ1n) is 10.7. The average Bonchev–Trinajstić information content (AvgIpc) is 3.22. The Balaban J connectivity index is 1.20. The highest BCUT2D eigenvalue weighted by Crippen LogP contribution is 2.33. The number of nitrogens with zero attached hydrogens (tertiary/aromatic N) is 2. The number of aromatic nitrogens is 1. The number of nitrogens with one attached hydrogen (secondary N) is 1. The lowest BCUT2D eigenvalue weighted by Crippen LogP contribution is -2.39. The first-order valence-corrected chi connectivity index (χ1v) is 11.5. The van der Waals surface area contributed by atoms with Crippen molar-refractivity contribution in [2.24, 2.45) is 5.92 Å². The van der Waals surface area contributed by atoms with E-state index in [0.717, 1.165) is 47.7 Å². The SMILES string of the molecule is O=C1Nc2ccccc2C[C@H]1CCC(=O)N1CCC[C@H](c2nc3ccccc3s2)C1. The Bertz CT molecular complexity index is 1060. The van der Waals surface area contributed by atoms with E-state index in [1.54, 1.807) is 11.3 Å². The lowest BCUT2D eigenvalue weighted by Gasteiger charge is -2.32. The molecule has 2 aromatic carbocycles. The van der Waals surface area contributed by atoms with Crippen LogP contribution in [0.25, 0.3) is 10.2 Å². The van der Waals surface area contributed by atoms with Crippen LogP contribution in [0.15, 0.2) is 48.5 Å². The molecule has 1 saturated heterocycles. The maximum absolute atomic E-state index is 12.9. The molecule has 6 heteroatoms. The highest BCUT2D eigenvalue weighted by molar-refractivity contribution is 7.18. The fourth-order valence-electron chi connectivity index (χ4n) is 4.57. The van der Waals surface area contributed by atoms with Crippen LogP contribution in [0.3, 0.4) is 0 Å². The van der Waals surface area contributed by atoms with Gasteiger partial charge in [0.05, 0.1) is 15.2 Å². The van der Waals surface area contributed by atoms with Crippen molar-refractivity contribution in [3.05, 3.63) is 59.1 Å². The topological polar surface area (TPSA) is 62.3 Å². The predicted octanol–water partition coefficient (Wildman–Crippen LogP) is 4.59. The Morgan fingerprint density at radius 2 is 2.00 bits per heavy atom. The van der Waals surface area contributed by atoms with Crippen molar-refractivity contribution >= 4 is 39.1 Å². The van der Waals surface area contributed by atoms with Gasteiger partial charge in [-0.3, -0.25) is 9.59 Å². The number of benzene rings is 2. The van der Waals surface area contributed by atoms with Gasteiger partial charge in [-0.15, -0.1) is 11.3 Å².